The molecule has 17 heavy (non-hydrogen) atoms. The molecule has 0 N–H and O–H groups in total. The van der Waals surface area contributed by atoms with Crippen LogP contribution in [-0.2, 0) is 16.7 Å². The van der Waals surface area contributed by atoms with Crippen LogP contribution < -0.4 is 0 Å². The van der Waals surface area contributed by atoms with E-state index >= 15 is 0 Å². The number of nitrogens with zero attached hydrogens (tertiary/aromatic N) is 3. The van der Waals surface area contributed by atoms with Gasteiger partial charge in [0.1, 0.15) is 6.33 Å². The normalized spacial score (nSPS) is 18.3. The first-order valence-electron chi connectivity index (χ1n) is 6.17. The van der Waals surface area contributed by atoms with E-state index in [0.29, 0.717) is 0 Å². The fraction of sp³-hybridized carbons (Fsp3) is 0.692. The smallest absolute Gasteiger partial charge is 0.116 e. The van der Waals surface area contributed by atoms with Gasteiger partial charge < -0.3 is 4.74 Å². The zero-order valence-corrected chi connectivity index (χ0v) is 10.9. The molecule has 0 amide bonds. The molecule has 1 saturated heterocycles. The summed E-state index contributed by atoms with van der Waals surface area (Å²) in [6, 6.07) is 2.12. The van der Waals surface area contributed by atoms with Crippen LogP contribution in [0.2, 0.25) is 0 Å². The van der Waals surface area contributed by atoms with Crippen molar-refractivity contribution in [2.45, 2.75) is 32.7 Å². The Labute approximate surface area is 103 Å². The van der Waals surface area contributed by atoms with Gasteiger partial charge in [0.25, 0.3) is 0 Å². The molecule has 2 rings (SSSR count). The molecule has 4 heteroatoms. The van der Waals surface area contributed by atoms with E-state index in [1.807, 2.05) is 0 Å². The molecule has 0 atom stereocenters. The first-order chi connectivity index (χ1) is 8.05. The fourth-order valence-electron chi connectivity index (χ4n) is 1.88. The Balaban J connectivity index is 2.05. The lowest BCUT2D eigenvalue weighted by atomic mass is 9.91. The van der Waals surface area contributed by atoms with Crippen LogP contribution in [0.4, 0.5) is 0 Å². The molecule has 94 valence electrons. The fourth-order valence-corrected chi connectivity index (χ4v) is 1.88. The van der Waals surface area contributed by atoms with Crippen LogP contribution in [0.3, 0.4) is 0 Å². The number of hydrogen-bond donors (Lipinski definition) is 0. The highest BCUT2D eigenvalue weighted by Crippen LogP contribution is 2.20. The quantitative estimate of drug-likeness (QED) is 0.780. The maximum Gasteiger partial charge on any atom is 0.116 e. The van der Waals surface area contributed by atoms with Crippen LogP contribution in [-0.4, -0.2) is 41.2 Å². The number of hydrogen-bond acceptors (Lipinski definition) is 4. The van der Waals surface area contributed by atoms with E-state index in [9.17, 15) is 0 Å². The van der Waals surface area contributed by atoms with Crippen molar-refractivity contribution in [1.29, 1.82) is 0 Å². The number of morpholine rings is 1. The van der Waals surface area contributed by atoms with Crippen LogP contribution in [0, 0.1) is 0 Å². The molecule has 0 radical (unpaired) electrons. The number of rotatable bonds is 2. The second-order valence-electron chi connectivity index (χ2n) is 5.53. The molecule has 1 fully saturated rings. The van der Waals surface area contributed by atoms with E-state index in [2.05, 4.69) is 41.7 Å². The number of ether oxygens (including phenoxy) is 1. The highest BCUT2D eigenvalue weighted by Gasteiger charge is 2.17. The lowest BCUT2D eigenvalue weighted by molar-refractivity contribution is 0.0336. The van der Waals surface area contributed by atoms with E-state index < -0.39 is 0 Å². The number of aromatic nitrogens is 2. The van der Waals surface area contributed by atoms with Crippen molar-refractivity contribution in [1.82, 2.24) is 14.9 Å². The van der Waals surface area contributed by atoms with Crippen molar-refractivity contribution >= 4 is 0 Å². The first-order valence-corrected chi connectivity index (χ1v) is 6.17. The Hall–Kier alpha value is -1.00. The molecule has 1 aromatic heterocycles. The Morgan fingerprint density at radius 1 is 1.24 bits per heavy atom. The molecular weight excluding hydrogens is 214 g/mol. The highest BCUT2D eigenvalue weighted by molar-refractivity contribution is 5.15. The third kappa shape index (κ3) is 3.48. The second kappa shape index (κ2) is 5.10. The predicted octanol–water partition coefficient (Wildman–Crippen LogP) is 1.61. The average molecular weight is 235 g/mol. The molecule has 0 spiro atoms. The standard InChI is InChI=1S/C13H21N3O/c1-13(2,3)12-8-11(14-10-15-12)9-16-4-6-17-7-5-16/h8,10H,4-7,9H2,1-3H3. The summed E-state index contributed by atoms with van der Waals surface area (Å²) in [5.41, 5.74) is 2.30. The zero-order chi connectivity index (χ0) is 12.3. The minimum Gasteiger partial charge on any atom is -0.379 e. The minimum absolute atomic E-state index is 0.0860. The maximum atomic E-state index is 5.34. The second-order valence-corrected chi connectivity index (χ2v) is 5.53. The van der Waals surface area contributed by atoms with Crippen molar-refractivity contribution in [3.8, 4) is 0 Å². The van der Waals surface area contributed by atoms with Crippen LogP contribution >= 0.6 is 0 Å². The Morgan fingerprint density at radius 3 is 2.59 bits per heavy atom. The van der Waals surface area contributed by atoms with Gasteiger partial charge in [-0.3, -0.25) is 4.90 Å². The van der Waals surface area contributed by atoms with Gasteiger partial charge in [-0.2, -0.15) is 0 Å². The predicted molar refractivity (Wildman–Crippen MR) is 66.8 cm³/mol. The summed E-state index contributed by atoms with van der Waals surface area (Å²) < 4.78 is 5.34. The van der Waals surface area contributed by atoms with Gasteiger partial charge in [0.15, 0.2) is 0 Å². The summed E-state index contributed by atoms with van der Waals surface area (Å²) in [7, 11) is 0. The molecule has 4 nitrogen and oxygen atoms in total. The average Bonchev–Trinajstić information content (AvgIpc) is 2.29. The molecule has 1 aliphatic rings. The molecular formula is C13H21N3O. The van der Waals surface area contributed by atoms with Crippen LogP contribution in [0.25, 0.3) is 0 Å². The van der Waals surface area contributed by atoms with Gasteiger partial charge in [0, 0.05) is 30.7 Å². The lowest BCUT2D eigenvalue weighted by Crippen LogP contribution is -2.36. The van der Waals surface area contributed by atoms with Crippen molar-refractivity contribution in [2.24, 2.45) is 0 Å². The van der Waals surface area contributed by atoms with E-state index in [1.165, 1.54) is 0 Å². The molecule has 2 heterocycles. The van der Waals surface area contributed by atoms with Crippen LogP contribution in [0.15, 0.2) is 12.4 Å². The first kappa shape index (κ1) is 12.5. The maximum absolute atomic E-state index is 5.34. The van der Waals surface area contributed by atoms with E-state index in [1.54, 1.807) is 6.33 Å². The Kier molecular flexibility index (Phi) is 3.74. The van der Waals surface area contributed by atoms with Crippen molar-refractivity contribution in [3.63, 3.8) is 0 Å². The molecule has 0 unspecified atom stereocenters. The summed E-state index contributed by atoms with van der Waals surface area (Å²) in [5.74, 6) is 0. The summed E-state index contributed by atoms with van der Waals surface area (Å²) in [4.78, 5) is 11.1. The van der Waals surface area contributed by atoms with Crippen molar-refractivity contribution < 1.29 is 4.74 Å². The third-order valence-corrected chi connectivity index (χ3v) is 2.98. The SMILES string of the molecule is CC(C)(C)c1cc(CN2CCOCC2)ncn1. The molecule has 0 bridgehead atoms. The van der Waals surface area contributed by atoms with Crippen LogP contribution in [0.5, 0.6) is 0 Å². The van der Waals surface area contributed by atoms with Gasteiger partial charge in [-0.1, -0.05) is 20.8 Å². The van der Waals surface area contributed by atoms with Gasteiger partial charge in [-0.25, -0.2) is 9.97 Å². The molecule has 0 saturated carbocycles. The largest absolute Gasteiger partial charge is 0.379 e. The topological polar surface area (TPSA) is 38.2 Å². The van der Waals surface area contributed by atoms with Gasteiger partial charge in [-0.05, 0) is 6.07 Å². The van der Waals surface area contributed by atoms with E-state index in [-0.39, 0.29) is 5.41 Å². The minimum atomic E-state index is 0.0860. The summed E-state index contributed by atoms with van der Waals surface area (Å²) in [6.45, 7) is 11.1. The summed E-state index contributed by atoms with van der Waals surface area (Å²) in [6.07, 6.45) is 1.68. The lowest BCUT2D eigenvalue weighted by Gasteiger charge is -2.26. The van der Waals surface area contributed by atoms with Gasteiger partial charge >= 0.3 is 0 Å². The summed E-state index contributed by atoms with van der Waals surface area (Å²) >= 11 is 0. The molecule has 0 aliphatic carbocycles. The van der Waals surface area contributed by atoms with Crippen molar-refractivity contribution in [2.75, 3.05) is 26.3 Å². The van der Waals surface area contributed by atoms with Gasteiger partial charge in [0.05, 0.1) is 18.9 Å². The Morgan fingerprint density at radius 2 is 1.94 bits per heavy atom. The van der Waals surface area contributed by atoms with E-state index in [4.69, 9.17) is 4.74 Å². The third-order valence-electron chi connectivity index (χ3n) is 2.98. The van der Waals surface area contributed by atoms with Gasteiger partial charge in [-0.15, -0.1) is 0 Å². The molecule has 1 aliphatic heterocycles. The molecule has 0 aromatic carbocycles. The van der Waals surface area contributed by atoms with Crippen molar-refractivity contribution in [3.05, 3.63) is 23.8 Å². The molecule has 1 aromatic rings. The monoisotopic (exact) mass is 235 g/mol. The van der Waals surface area contributed by atoms with Gasteiger partial charge in [0.2, 0.25) is 0 Å². The highest BCUT2D eigenvalue weighted by atomic mass is 16.5. The van der Waals surface area contributed by atoms with E-state index in [0.717, 1.165) is 44.2 Å². The van der Waals surface area contributed by atoms with Crippen LogP contribution in [0.1, 0.15) is 32.2 Å². The summed E-state index contributed by atoms with van der Waals surface area (Å²) in [5, 5.41) is 0. The Bertz CT molecular complexity index is 367. The zero-order valence-electron chi connectivity index (χ0n) is 10.9.